The highest BCUT2D eigenvalue weighted by atomic mass is 32.1. The first-order chi connectivity index (χ1) is 14.8. The summed E-state index contributed by atoms with van der Waals surface area (Å²) in [5.74, 6) is 2.05. The topological polar surface area (TPSA) is 58.6 Å². The van der Waals surface area contributed by atoms with Crippen LogP contribution in [0, 0.1) is 0 Å². The Morgan fingerprint density at radius 2 is 2.03 bits per heavy atom. The zero-order valence-electron chi connectivity index (χ0n) is 16.8. The Bertz CT molecular complexity index is 1080. The molecule has 5 heterocycles. The number of rotatable bonds is 3. The van der Waals surface area contributed by atoms with Crippen molar-refractivity contribution in [1.29, 1.82) is 0 Å². The van der Waals surface area contributed by atoms with Gasteiger partial charge in [0, 0.05) is 37.7 Å². The normalized spacial score (nSPS) is 21.5. The second-order valence-electron chi connectivity index (χ2n) is 8.20. The van der Waals surface area contributed by atoms with Crippen molar-refractivity contribution in [2.75, 3.05) is 37.7 Å². The highest BCUT2D eigenvalue weighted by molar-refractivity contribution is 7.19. The average molecular weight is 441 g/mol. The Labute approximate surface area is 183 Å². The van der Waals surface area contributed by atoms with E-state index in [4.69, 9.17) is 14.7 Å². The first-order valence-corrected chi connectivity index (χ1v) is 12.5. The largest absolute Gasteiger partial charge is 0.368 e. The second-order valence-corrected chi connectivity index (χ2v) is 10.2. The molecule has 0 saturated carbocycles. The van der Waals surface area contributed by atoms with E-state index in [1.165, 1.54) is 22.2 Å². The Morgan fingerprint density at radius 1 is 1.13 bits per heavy atom. The number of hydrogen-bond acceptors (Lipinski definition) is 7. The lowest BCUT2D eigenvalue weighted by Crippen LogP contribution is -2.51. The van der Waals surface area contributed by atoms with Crippen LogP contribution in [0.2, 0.25) is 0 Å². The van der Waals surface area contributed by atoms with Gasteiger partial charge in [-0.3, -0.25) is 4.79 Å². The van der Waals surface area contributed by atoms with Crippen LogP contribution in [-0.4, -0.2) is 59.7 Å². The van der Waals surface area contributed by atoms with Crippen LogP contribution in [-0.2, 0) is 22.4 Å². The van der Waals surface area contributed by atoms with Gasteiger partial charge in [-0.15, -0.1) is 22.7 Å². The van der Waals surface area contributed by atoms with Crippen LogP contribution < -0.4 is 4.90 Å². The predicted octanol–water partition coefficient (Wildman–Crippen LogP) is 3.74. The van der Waals surface area contributed by atoms with E-state index < -0.39 is 0 Å². The molecule has 1 amide bonds. The lowest BCUT2D eigenvalue weighted by atomic mass is 10.1. The Balaban J connectivity index is 1.32. The number of ether oxygens (including phenoxy) is 1. The van der Waals surface area contributed by atoms with Crippen LogP contribution in [0.5, 0.6) is 0 Å². The minimum Gasteiger partial charge on any atom is -0.368 e. The number of hydrogen-bond donors (Lipinski definition) is 0. The van der Waals surface area contributed by atoms with Crippen LogP contribution in [0.4, 0.5) is 5.82 Å². The molecule has 2 saturated heterocycles. The second kappa shape index (κ2) is 7.59. The molecule has 0 spiro atoms. The van der Waals surface area contributed by atoms with Crippen molar-refractivity contribution in [1.82, 2.24) is 14.9 Å². The number of aryl methyl sites for hydroxylation is 2. The van der Waals surface area contributed by atoms with Gasteiger partial charge < -0.3 is 14.5 Å². The van der Waals surface area contributed by atoms with Crippen LogP contribution in [0.3, 0.4) is 0 Å². The van der Waals surface area contributed by atoms with E-state index in [0.29, 0.717) is 6.61 Å². The molecule has 2 fully saturated rings. The number of thiophene rings is 2. The quantitative estimate of drug-likeness (QED) is 0.621. The Hall–Kier alpha value is -2.03. The van der Waals surface area contributed by atoms with Gasteiger partial charge in [0.25, 0.3) is 5.91 Å². The number of aromatic nitrogens is 2. The fraction of sp³-hybridized carbons (Fsp3) is 0.500. The summed E-state index contributed by atoms with van der Waals surface area (Å²) < 4.78 is 5.61. The maximum absolute atomic E-state index is 12.7. The minimum absolute atomic E-state index is 0.163. The molecule has 0 radical (unpaired) electrons. The van der Waals surface area contributed by atoms with Crippen molar-refractivity contribution in [3.8, 4) is 10.7 Å². The van der Waals surface area contributed by atoms with Crippen molar-refractivity contribution >= 4 is 44.6 Å². The van der Waals surface area contributed by atoms with Crippen molar-refractivity contribution < 1.29 is 9.53 Å². The van der Waals surface area contributed by atoms with Crippen molar-refractivity contribution in [3.05, 3.63) is 28.0 Å². The summed E-state index contributed by atoms with van der Waals surface area (Å²) >= 11 is 3.53. The van der Waals surface area contributed by atoms with E-state index in [-0.39, 0.29) is 12.0 Å². The third kappa shape index (κ3) is 3.13. The molecule has 8 heteroatoms. The van der Waals surface area contributed by atoms with Crippen molar-refractivity contribution in [2.45, 2.75) is 38.2 Å². The number of nitrogens with zero attached hydrogens (tertiary/aromatic N) is 4. The minimum atomic E-state index is -0.229. The molecule has 6 rings (SSSR count). The molecule has 0 unspecified atom stereocenters. The van der Waals surface area contributed by atoms with Gasteiger partial charge in [-0.2, -0.15) is 0 Å². The third-order valence-electron chi connectivity index (χ3n) is 6.38. The molecular formula is C22H24N4O2S2. The molecule has 3 aromatic rings. The van der Waals surface area contributed by atoms with Gasteiger partial charge in [0.15, 0.2) is 5.82 Å². The van der Waals surface area contributed by atoms with Crippen molar-refractivity contribution in [3.63, 3.8) is 0 Å². The van der Waals surface area contributed by atoms with Crippen LogP contribution in [0.15, 0.2) is 17.5 Å². The van der Waals surface area contributed by atoms with Gasteiger partial charge >= 0.3 is 0 Å². The molecule has 3 aliphatic rings. The number of carbonyl (C=O) groups excluding carboxylic acids is 1. The van der Waals surface area contributed by atoms with Crippen molar-refractivity contribution in [2.24, 2.45) is 0 Å². The van der Waals surface area contributed by atoms with E-state index >= 15 is 0 Å². The van der Waals surface area contributed by atoms with Crippen LogP contribution in [0.25, 0.3) is 20.9 Å². The summed E-state index contributed by atoms with van der Waals surface area (Å²) in [5.41, 5.74) is 1.46. The average Bonchev–Trinajstić information content (AvgIpc) is 3.57. The van der Waals surface area contributed by atoms with Gasteiger partial charge in [0.2, 0.25) is 0 Å². The predicted molar refractivity (Wildman–Crippen MR) is 121 cm³/mol. The zero-order chi connectivity index (χ0) is 20.1. The maximum Gasteiger partial charge on any atom is 0.251 e. The number of carbonyl (C=O) groups is 1. The molecule has 6 nitrogen and oxygen atoms in total. The first kappa shape index (κ1) is 18.7. The monoisotopic (exact) mass is 440 g/mol. The molecule has 0 N–H and O–H groups in total. The van der Waals surface area contributed by atoms with E-state index in [0.717, 1.165) is 73.2 Å². The molecule has 156 valence electrons. The SMILES string of the molecule is O=C([C@H]1CCCO1)N1CCN(c2nc(-c3cccs3)nc3sc4c(c23)CCC4)CC1. The third-order valence-corrected chi connectivity index (χ3v) is 8.43. The summed E-state index contributed by atoms with van der Waals surface area (Å²) in [4.78, 5) is 30.8. The molecule has 3 aromatic heterocycles. The summed E-state index contributed by atoms with van der Waals surface area (Å²) in [7, 11) is 0. The summed E-state index contributed by atoms with van der Waals surface area (Å²) in [5, 5.41) is 3.33. The van der Waals surface area contributed by atoms with E-state index in [9.17, 15) is 4.79 Å². The molecule has 1 aliphatic carbocycles. The first-order valence-electron chi connectivity index (χ1n) is 10.8. The standard InChI is InChI=1S/C22H24N4O2S2/c27-22(15-5-2-12-28-15)26-10-8-25(9-11-26)20-18-14-4-1-6-16(14)30-21(18)24-19(23-20)17-7-3-13-29-17/h3,7,13,15H,1-2,4-6,8-12H2/t15-/m1/s1. The molecule has 0 bridgehead atoms. The van der Waals surface area contributed by atoms with Gasteiger partial charge in [-0.05, 0) is 49.1 Å². The highest BCUT2D eigenvalue weighted by Crippen LogP contribution is 2.42. The fourth-order valence-electron chi connectivity index (χ4n) is 4.84. The fourth-order valence-corrected chi connectivity index (χ4v) is 6.75. The van der Waals surface area contributed by atoms with E-state index in [2.05, 4.69) is 22.4 Å². The van der Waals surface area contributed by atoms with Gasteiger partial charge in [0.05, 0.1) is 10.3 Å². The number of amides is 1. The lowest BCUT2D eigenvalue weighted by Gasteiger charge is -2.36. The summed E-state index contributed by atoms with van der Waals surface area (Å²) in [6.07, 6.45) is 5.14. The van der Waals surface area contributed by atoms with E-state index in [1.54, 1.807) is 11.3 Å². The zero-order valence-corrected chi connectivity index (χ0v) is 18.4. The molecule has 2 aliphatic heterocycles. The number of fused-ring (bicyclic) bond motifs is 3. The molecular weight excluding hydrogens is 416 g/mol. The van der Waals surface area contributed by atoms with Crippen LogP contribution >= 0.6 is 22.7 Å². The lowest BCUT2D eigenvalue weighted by molar-refractivity contribution is -0.141. The Kier molecular flexibility index (Phi) is 4.73. The van der Waals surface area contributed by atoms with Crippen LogP contribution in [0.1, 0.15) is 29.7 Å². The Morgan fingerprint density at radius 3 is 2.80 bits per heavy atom. The molecule has 30 heavy (non-hydrogen) atoms. The van der Waals surface area contributed by atoms with Gasteiger partial charge in [-0.25, -0.2) is 9.97 Å². The van der Waals surface area contributed by atoms with E-state index in [1.807, 2.05) is 16.2 Å². The summed E-state index contributed by atoms with van der Waals surface area (Å²) in [6.45, 7) is 3.78. The smallest absolute Gasteiger partial charge is 0.251 e. The molecule has 1 atom stereocenters. The summed E-state index contributed by atoms with van der Waals surface area (Å²) in [6, 6.07) is 4.15. The van der Waals surface area contributed by atoms with Gasteiger partial charge in [-0.1, -0.05) is 6.07 Å². The highest BCUT2D eigenvalue weighted by Gasteiger charge is 2.32. The number of piperazine rings is 1. The maximum atomic E-state index is 12.7. The molecule has 0 aromatic carbocycles. The number of anilines is 1. The van der Waals surface area contributed by atoms with Gasteiger partial charge in [0.1, 0.15) is 16.8 Å².